The highest BCUT2D eigenvalue weighted by Gasteiger charge is 2.58. The molecule has 3 heterocycles. The number of nitrogens with zero attached hydrogens (tertiary/aromatic N) is 4. The van der Waals surface area contributed by atoms with Crippen LogP contribution in [0.3, 0.4) is 0 Å². The molecule has 0 saturated heterocycles. The van der Waals surface area contributed by atoms with Gasteiger partial charge >= 0.3 is 0 Å². The molecule has 1 aliphatic heterocycles. The molecule has 1 aromatic carbocycles. The van der Waals surface area contributed by atoms with Crippen LogP contribution in [0.15, 0.2) is 41.8 Å². The van der Waals surface area contributed by atoms with Crippen LogP contribution in [0.2, 0.25) is 0 Å². The zero-order valence-electron chi connectivity index (χ0n) is 16.8. The van der Waals surface area contributed by atoms with E-state index in [9.17, 15) is 8.78 Å². The summed E-state index contributed by atoms with van der Waals surface area (Å²) in [6.07, 6.45) is 8.87. The van der Waals surface area contributed by atoms with E-state index in [1.165, 1.54) is 30.4 Å². The molecule has 0 radical (unpaired) electrons. The molecule has 2 aliphatic rings. The average Bonchev–Trinajstić information content (AvgIpc) is 3.58. The largest absolute Gasteiger partial charge is 0.479 e. The van der Waals surface area contributed by atoms with Gasteiger partial charge in [0.15, 0.2) is 11.0 Å². The topological polar surface area (TPSA) is 98.3 Å². The van der Waals surface area contributed by atoms with Crippen molar-refractivity contribution in [3.63, 3.8) is 0 Å². The van der Waals surface area contributed by atoms with E-state index < -0.39 is 18.0 Å². The summed E-state index contributed by atoms with van der Waals surface area (Å²) in [6.45, 7) is -0.709. The Morgan fingerprint density at radius 2 is 2.19 bits per heavy atom. The number of nitrogens with two attached hydrogens (primary N) is 1. The number of aliphatic imine (C=N–C) groups is 1. The molecule has 2 aromatic heterocycles. The number of nitrogens with one attached hydrogen (secondary N) is 1. The average molecular weight is 452 g/mol. The van der Waals surface area contributed by atoms with E-state index in [2.05, 4.69) is 31.2 Å². The lowest BCUT2D eigenvalue weighted by Crippen LogP contribution is -2.36. The molecule has 0 unspecified atom stereocenters. The maximum absolute atomic E-state index is 14.9. The number of halogens is 2. The second-order valence-corrected chi connectivity index (χ2v) is 8.84. The number of alkyl halides is 1. The molecule has 0 amide bonds. The molecule has 3 N–H and O–H groups in total. The molecule has 3 atom stereocenters. The number of amidine groups is 1. The predicted octanol–water partition coefficient (Wildman–Crippen LogP) is 3.53. The first kappa shape index (κ1) is 20.5. The Hall–Kier alpha value is -3.45. The van der Waals surface area contributed by atoms with Crippen molar-refractivity contribution in [1.82, 2.24) is 15.0 Å². The number of ether oxygens (including phenoxy) is 1. The summed E-state index contributed by atoms with van der Waals surface area (Å²) in [5.41, 5.74) is 6.34. The van der Waals surface area contributed by atoms with E-state index in [0.717, 1.165) is 6.42 Å². The molecule has 0 spiro atoms. The van der Waals surface area contributed by atoms with Gasteiger partial charge in [0.25, 0.3) is 0 Å². The Morgan fingerprint density at radius 1 is 1.31 bits per heavy atom. The fourth-order valence-electron chi connectivity index (χ4n) is 4.02. The first-order chi connectivity index (χ1) is 15.5. The van der Waals surface area contributed by atoms with E-state index in [0.29, 0.717) is 28.3 Å². The quantitative estimate of drug-likeness (QED) is 0.552. The standard InChI is InChI=1S/C22H18F2N6OS/c1-2-5-31-13-7-17-19(26-9-13)20(28-11-27-17)29-12-3-4-16(24)14(6-12)22(10-23)15-8-18(15)32-21(25)30-22/h1,3-4,6-7,9,11,15,18H,5,8,10H2,(H2,25,30)(H,27,28,29)/t15-,18+,22-/m1/s1. The van der Waals surface area contributed by atoms with Crippen molar-refractivity contribution in [1.29, 1.82) is 0 Å². The van der Waals surface area contributed by atoms with Gasteiger partial charge in [-0.15, -0.1) is 6.42 Å². The van der Waals surface area contributed by atoms with Crippen LogP contribution >= 0.6 is 11.8 Å². The second-order valence-electron chi connectivity index (χ2n) is 7.58. The van der Waals surface area contributed by atoms with E-state index in [-0.39, 0.29) is 28.5 Å². The molecule has 1 aliphatic carbocycles. The third-order valence-corrected chi connectivity index (χ3v) is 6.76. The molecule has 5 rings (SSSR count). The molecule has 3 aromatic rings. The first-order valence-corrected chi connectivity index (χ1v) is 10.7. The molecule has 7 nitrogen and oxygen atoms in total. The first-order valence-electron chi connectivity index (χ1n) is 9.86. The van der Waals surface area contributed by atoms with Gasteiger partial charge in [-0.1, -0.05) is 17.7 Å². The van der Waals surface area contributed by atoms with Gasteiger partial charge in [0.1, 0.15) is 42.2 Å². The summed E-state index contributed by atoms with van der Waals surface area (Å²) in [5, 5.41) is 3.59. The number of hydrogen-bond donors (Lipinski definition) is 2. The van der Waals surface area contributed by atoms with E-state index in [1.54, 1.807) is 18.2 Å². The summed E-state index contributed by atoms with van der Waals surface area (Å²) in [4.78, 5) is 17.2. The van der Waals surface area contributed by atoms with Crippen LogP contribution < -0.4 is 15.8 Å². The van der Waals surface area contributed by atoms with Gasteiger partial charge in [-0.2, -0.15) is 0 Å². The molecular formula is C22H18F2N6OS. The fraction of sp³-hybridized carbons (Fsp3) is 0.273. The minimum absolute atomic E-state index is 0.0856. The van der Waals surface area contributed by atoms with Gasteiger partial charge in [-0.25, -0.2) is 28.7 Å². The molecule has 10 heteroatoms. The van der Waals surface area contributed by atoms with Crippen LogP contribution in [0.25, 0.3) is 11.0 Å². The van der Waals surface area contributed by atoms with Gasteiger partial charge < -0.3 is 15.8 Å². The third kappa shape index (κ3) is 3.48. The van der Waals surface area contributed by atoms with E-state index in [4.69, 9.17) is 16.9 Å². The van der Waals surface area contributed by atoms with Crippen LogP contribution in [0, 0.1) is 24.1 Å². The molecule has 1 fully saturated rings. The van der Waals surface area contributed by atoms with Crippen LogP contribution in [0.5, 0.6) is 5.75 Å². The van der Waals surface area contributed by atoms with Crippen molar-refractivity contribution in [3.05, 3.63) is 48.2 Å². The molecular weight excluding hydrogens is 434 g/mol. The maximum atomic E-state index is 14.9. The normalized spacial score (nSPS) is 23.7. The van der Waals surface area contributed by atoms with Crippen LogP contribution in [0.4, 0.5) is 20.3 Å². The number of rotatable bonds is 6. The highest BCUT2D eigenvalue weighted by Crippen LogP contribution is 2.58. The van der Waals surface area contributed by atoms with Crippen molar-refractivity contribution in [2.45, 2.75) is 17.2 Å². The number of benzene rings is 1. The van der Waals surface area contributed by atoms with Gasteiger partial charge in [0, 0.05) is 28.5 Å². The SMILES string of the molecule is C#CCOc1cnc2c(Nc3ccc(F)c([C@@]4(CF)N=C(N)S[C@H]5C[C@H]54)c3)ncnc2c1. The molecule has 162 valence electrons. The summed E-state index contributed by atoms with van der Waals surface area (Å²) < 4.78 is 34.6. The van der Waals surface area contributed by atoms with Gasteiger partial charge in [-0.05, 0) is 24.6 Å². The summed E-state index contributed by atoms with van der Waals surface area (Å²) >= 11 is 1.42. The fourth-order valence-corrected chi connectivity index (χ4v) is 5.24. The number of thioether (sulfide) groups is 1. The molecule has 0 bridgehead atoms. The van der Waals surface area contributed by atoms with Crippen molar-refractivity contribution in [3.8, 4) is 18.1 Å². The monoisotopic (exact) mass is 452 g/mol. The predicted molar refractivity (Wildman–Crippen MR) is 120 cm³/mol. The number of terminal acetylenes is 1. The van der Waals surface area contributed by atoms with E-state index in [1.807, 2.05) is 0 Å². The lowest BCUT2D eigenvalue weighted by molar-refractivity contribution is 0.272. The smallest absolute Gasteiger partial charge is 0.160 e. The number of hydrogen-bond acceptors (Lipinski definition) is 8. The van der Waals surface area contributed by atoms with Crippen LogP contribution in [0.1, 0.15) is 12.0 Å². The third-order valence-electron chi connectivity index (χ3n) is 5.60. The number of fused-ring (bicyclic) bond motifs is 2. The summed E-state index contributed by atoms with van der Waals surface area (Å²) in [6, 6.07) is 6.11. The Bertz CT molecular complexity index is 1280. The molecule has 1 saturated carbocycles. The number of aromatic nitrogens is 3. The lowest BCUT2D eigenvalue weighted by atomic mass is 9.86. The lowest BCUT2D eigenvalue weighted by Gasteiger charge is -2.31. The minimum atomic E-state index is -1.31. The van der Waals surface area contributed by atoms with E-state index >= 15 is 0 Å². The highest BCUT2D eigenvalue weighted by molar-refractivity contribution is 8.14. The highest BCUT2D eigenvalue weighted by atomic mass is 32.2. The van der Waals surface area contributed by atoms with Crippen LogP contribution in [-0.4, -0.2) is 38.7 Å². The Morgan fingerprint density at radius 3 is 3.00 bits per heavy atom. The zero-order chi connectivity index (χ0) is 22.3. The Labute approximate surface area is 186 Å². The van der Waals surface area contributed by atoms with Crippen molar-refractivity contribution in [2.75, 3.05) is 18.6 Å². The molecule has 32 heavy (non-hydrogen) atoms. The van der Waals surface area contributed by atoms with Crippen molar-refractivity contribution < 1.29 is 13.5 Å². The van der Waals surface area contributed by atoms with Crippen LogP contribution in [-0.2, 0) is 5.54 Å². The summed E-state index contributed by atoms with van der Waals surface area (Å²) in [5.74, 6) is 2.68. The minimum Gasteiger partial charge on any atom is -0.479 e. The van der Waals surface area contributed by atoms with Gasteiger partial charge in [0.05, 0.1) is 11.7 Å². The number of anilines is 2. The second kappa shape index (κ2) is 7.91. The van der Waals surface area contributed by atoms with Gasteiger partial charge in [-0.3, -0.25) is 0 Å². The summed E-state index contributed by atoms with van der Waals surface area (Å²) in [7, 11) is 0. The Balaban J connectivity index is 1.50. The number of pyridine rings is 1. The zero-order valence-corrected chi connectivity index (χ0v) is 17.6. The van der Waals surface area contributed by atoms with Crippen molar-refractivity contribution in [2.24, 2.45) is 16.6 Å². The van der Waals surface area contributed by atoms with Gasteiger partial charge in [0.2, 0.25) is 0 Å². The Kier molecular flexibility index (Phi) is 5.06. The maximum Gasteiger partial charge on any atom is 0.160 e. The van der Waals surface area contributed by atoms with Crippen molar-refractivity contribution >= 4 is 39.5 Å².